The summed E-state index contributed by atoms with van der Waals surface area (Å²) in [6.07, 6.45) is 7.83. The summed E-state index contributed by atoms with van der Waals surface area (Å²) in [6.45, 7) is 35.0. The van der Waals surface area contributed by atoms with E-state index in [2.05, 4.69) is 85.4 Å². The SMILES string of the molecule is C=C(C)C(=O)NCCCCC(C)(CC)C(C)(C)C(CC)(C(C)C)[Si](C)(C)CCCCNC(=O)C(=C)C. The molecule has 0 aliphatic rings. The maximum atomic E-state index is 11.8. The van der Waals surface area contributed by atoms with Gasteiger partial charge in [0.2, 0.25) is 11.8 Å². The lowest BCUT2D eigenvalue weighted by molar-refractivity contribution is -0.118. The van der Waals surface area contributed by atoms with Crippen LogP contribution in [0.15, 0.2) is 24.3 Å². The number of hydrogen-bond donors (Lipinski definition) is 2. The van der Waals surface area contributed by atoms with E-state index in [1.807, 2.05) is 0 Å². The quantitative estimate of drug-likeness (QED) is 0.108. The topological polar surface area (TPSA) is 58.2 Å². The molecule has 0 rings (SSSR count). The lowest BCUT2D eigenvalue weighted by Gasteiger charge is -2.64. The van der Waals surface area contributed by atoms with Gasteiger partial charge < -0.3 is 10.6 Å². The van der Waals surface area contributed by atoms with E-state index in [1.54, 1.807) is 13.8 Å². The first kappa shape index (κ1) is 34.6. The van der Waals surface area contributed by atoms with Gasteiger partial charge in [0.05, 0.1) is 8.07 Å². The summed E-state index contributed by atoms with van der Waals surface area (Å²) in [4.78, 5) is 23.7. The molecule has 4 nitrogen and oxygen atoms in total. The molecule has 0 fully saturated rings. The molecule has 36 heavy (non-hydrogen) atoms. The van der Waals surface area contributed by atoms with Gasteiger partial charge >= 0.3 is 0 Å². The van der Waals surface area contributed by atoms with Crippen molar-refractivity contribution in [3.05, 3.63) is 24.3 Å². The lowest BCUT2D eigenvalue weighted by atomic mass is 9.54. The van der Waals surface area contributed by atoms with Gasteiger partial charge in [0, 0.05) is 24.2 Å². The largest absolute Gasteiger partial charge is 0.352 e. The van der Waals surface area contributed by atoms with Crippen molar-refractivity contribution in [1.29, 1.82) is 0 Å². The highest BCUT2D eigenvalue weighted by Gasteiger charge is 2.60. The summed E-state index contributed by atoms with van der Waals surface area (Å²) in [5.74, 6) is 0.531. The molecule has 0 aromatic heterocycles. The van der Waals surface area contributed by atoms with Crippen LogP contribution in [0, 0.1) is 16.7 Å². The molecule has 0 aliphatic heterocycles. The van der Waals surface area contributed by atoms with Crippen molar-refractivity contribution in [3.63, 3.8) is 0 Å². The third-order valence-electron chi connectivity index (χ3n) is 9.89. The molecule has 5 heteroatoms. The maximum absolute atomic E-state index is 11.8. The van der Waals surface area contributed by atoms with Crippen LogP contribution in [0.2, 0.25) is 24.2 Å². The van der Waals surface area contributed by atoms with Crippen LogP contribution < -0.4 is 10.6 Å². The van der Waals surface area contributed by atoms with Crippen LogP contribution in [-0.4, -0.2) is 33.0 Å². The van der Waals surface area contributed by atoms with Crippen molar-refractivity contribution >= 4 is 19.9 Å². The third kappa shape index (κ3) is 8.07. The minimum atomic E-state index is -1.69. The van der Waals surface area contributed by atoms with Crippen LogP contribution in [0.1, 0.15) is 107 Å². The minimum Gasteiger partial charge on any atom is -0.352 e. The van der Waals surface area contributed by atoms with E-state index in [0.717, 1.165) is 45.2 Å². The van der Waals surface area contributed by atoms with Gasteiger partial charge in [-0.15, -0.1) is 0 Å². The highest BCUT2D eigenvalue weighted by molar-refractivity contribution is 6.80. The van der Waals surface area contributed by atoms with Crippen molar-refractivity contribution in [1.82, 2.24) is 10.6 Å². The average molecular weight is 521 g/mol. The average Bonchev–Trinajstić information content (AvgIpc) is 2.77. The monoisotopic (exact) mass is 520 g/mol. The highest BCUT2D eigenvalue weighted by atomic mass is 28.3. The molecule has 0 saturated carbocycles. The van der Waals surface area contributed by atoms with E-state index in [1.165, 1.54) is 18.9 Å². The van der Waals surface area contributed by atoms with Gasteiger partial charge in [0.1, 0.15) is 0 Å². The number of amides is 2. The Balaban J connectivity index is 5.62. The van der Waals surface area contributed by atoms with Crippen LogP contribution in [0.3, 0.4) is 0 Å². The molecule has 0 aliphatic carbocycles. The molecule has 2 atom stereocenters. The van der Waals surface area contributed by atoms with Gasteiger partial charge in [-0.1, -0.05) is 106 Å². The Hall–Kier alpha value is -1.36. The zero-order valence-electron chi connectivity index (χ0n) is 25.9. The molecule has 2 amide bonds. The van der Waals surface area contributed by atoms with Gasteiger partial charge in [0.25, 0.3) is 0 Å². The Labute approximate surface area is 225 Å². The lowest BCUT2D eigenvalue weighted by Crippen LogP contribution is -2.58. The predicted molar refractivity (Wildman–Crippen MR) is 161 cm³/mol. The first-order valence-electron chi connectivity index (χ1n) is 14.3. The fourth-order valence-electron chi connectivity index (χ4n) is 7.41. The first-order valence-corrected chi connectivity index (χ1v) is 17.6. The Bertz CT molecular complexity index is 756. The first-order chi connectivity index (χ1) is 16.5. The molecule has 2 unspecified atom stereocenters. The molecule has 0 aromatic rings. The van der Waals surface area contributed by atoms with Crippen molar-refractivity contribution in [2.75, 3.05) is 13.1 Å². The highest BCUT2D eigenvalue weighted by Crippen LogP contribution is 2.69. The van der Waals surface area contributed by atoms with Crippen molar-refractivity contribution < 1.29 is 9.59 Å². The number of rotatable bonds is 18. The Morgan fingerprint density at radius 2 is 1.25 bits per heavy atom. The zero-order valence-corrected chi connectivity index (χ0v) is 26.9. The molecule has 2 N–H and O–H groups in total. The second kappa shape index (κ2) is 14.5. The van der Waals surface area contributed by atoms with E-state index in [0.29, 0.717) is 22.1 Å². The molecule has 0 saturated heterocycles. The number of unbranched alkanes of at least 4 members (excludes halogenated alkanes) is 2. The summed E-state index contributed by atoms with van der Waals surface area (Å²) in [5.41, 5.74) is 1.53. The summed E-state index contributed by atoms with van der Waals surface area (Å²) in [7, 11) is -1.69. The van der Waals surface area contributed by atoms with Crippen molar-refractivity contribution in [2.24, 2.45) is 16.7 Å². The van der Waals surface area contributed by atoms with Gasteiger partial charge in [-0.3, -0.25) is 9.59 Å². The standard InChI is InChI=1S/C31H60N2O2Si/c1-14-30(11,20-16-17-21-32-27(34)24(3)4)29(9,10)31(15-2,26(7)8)36(12,13)23-19-18-22-33-28(35)25(5)6/h26H,3,5,14-23H2,1-2,4,6-13H3,(H,32,34)(H,33,35). The number of nitrogens with one attached hydrogen (secondary N) is 2. The van der Waals surface area contributed by atoms with Crippen LogP contribution in [0.4, 0.5) is 0 Å². The van der Waals surface area contributed by atoms with Gasteiger partial charge in [-0.2, -0.15) is 0 Å². The van der Waals surface area contributed by atoms with Crippen molar-refractivity contribution in [3.8, 4) is 0 Å². The van der Waals surface area contributed by atoms with Crippen LogP contribution >= 0.6 is 0 Å². The fourth-order valence-corrected chi connectivity index (χ4v) is 13.5. The molecule has 0 bridgehead atoms. The summed E-state index contributed by atoms with van der Waals surface area (Å²) in [6, 6.07) is 1.28. The molecule has 0 spiro atoms. The van der Waals surface area contributed by atoms with Gasteiger partial charge in [-0.25, -0.2) is 0 Å². The van der Waals surface area contributed by atoms with Crippen molar-refractivity contribution in [2.45, 2.75) is 131 Å². The van der Waals surface area contributed by atoms with Crippen LogP contribution in [0.5, 0.6) is 0 Å². The maximum Gasteiger partial charge on any atom is 0.246 e. The number of carbonyl (C=O) groups excluding carboxylic acids is 2. The van der Waals surface area contributed by atoms with E-state index in [4.69, 9.17) is 0 Å². The molecule has 0 radical (unpaired) electrons. The summed E-state index contributed by atoms with van der Waals surface area (Å²) in [5, 5.41) is 6.28. The van der Waals surface area contributed by atoms with Gasteiger partial charge in [0.15, 0.2) is 0 Å². The molecule has 0 aromatic carbocycles. The van der Waals surface area contributed by atoms with E-state index in [-0.39, 0.29) is 22.6 Å². The Morgan fingerprint density at radius 3 is 1.61 bits per heavy atom. The fraction of sp³-hybridized carbons (Fsp3) is 0.806. The molecule has 210 valence electrons. The normalized spacial score (nSPS) is 15.7. The Morgan fingerprint density at radius 1 is 0.806 bits per heavy atom. The van der Waals surface area contributed by atoms with E-state index >= 15 is 0 Å². The Kier molecular flexibility index (Phi) is 14.0. The zero-order chi connectivity index (χ0) is 28.4. The minimum absolute atomic E-state index is 0.0318. The number of carbonyl (C=O) groups is 2. The van der Waals surface area contributed by atoms with Crippen LogP contribution in [0.25, 0.3) is 0 Å². The molecular weight excluding hydrogens is 460 g/mol. The van der Waals surface area contributed by atoms with Gasteiger partial charge in [-0.05, 0) is 54.9 Å². The number of hydrogen-bond acceptors (Lipinski definition) is 2. The summed E-state index contributed by atoms with van der Waals surface area (Å²) >= 11 is 0. The van der Waals surface area contributed by atoms with Crippen LogP contribution in [-0.2, 0) is 9.59 Å². The van der Waals surface area contributed by atoms with E-state index < -0.39 is 8.07 Å². The smallest absolute Gasteiger partial charge is 0.246 e. The predicted octanol–water partition coefficient (Wildman–Crippen LogP) is 8.28. The second-order valence-electron chi connectivity index (χ2n) is 12.9. The van der Waals surface area contributed by atoms with E-state index in [9.17, 15) is 9.59 Å². The second-order valence-corrected chi connectivity index (χ2v) is 18.0. The molecular formula is C31H60N2O2Si. The summed E-state index contributed by atoms with van der Waals surface area (Å²) < 4.78 is 0. The molecule has 0 heterocycles. The third-order valence-corrected chi connectivity index (χ3v) is 15.5.